The van der Waals surface area contributed by atoms with E-state index in [1.807, 2.05) is 47.2 Å². The molecule has 0 saturated carbocycles. The fourth-order valence-corrected chi connectivity index (χ4v) is 3.79. The molecule has 0 aliphatic carbocycles. The smallest absolute Gasteiger partial charge is 0.252 e. The quantitative estimate of drug-likeness (QED) is 0.874. The van der Waals surface area contributed by atoms with Crippen LogP contribution in [0.25, 0.3) is 0 Å². The molecule has 1 aliphatic heterocycles. The predicted molar refractivity (Wildman–Crippen MR) is 94.8 cm³/mol. The van der Waals surface area contributed by atoms with Gasteiger partial charge in [0.15, 0.2) is 0 Å². The Morgan fingerprint density at radius 3 is 2.46 bits per heavy atom. The molecular weight excluding hydrogens is 322 g/mol. The summed E-state index contributed by atoms with van der Waals surface area (Å²) in [5.74, 6) is -0.355. The Bertz CT molecular complexity index is 680. The van der Waals surface area contributed by atoms with Crippen molar-refractivity contribution in [1.82, 2.24) is 10.2 Å². The van der Waals surface area contributed by atoms with Gasteiger partial charge in [-0.05, 0) is 29.9 Å². The monoisotopic (exact) mass is 343 g/mol. The van der Waals surface area contributed by atoms with Crippen molar-refractivity contribution in [3.63, 3.8) is 0 Å². The Morgan fingerprint density at radius 1 is 1.17 bits per heavy atom. The van der Waals surface area contributed by atoms with Gasteiger partial charge in [0.1, 0.15) is 6.04 Å². The summed E-state index contributed by atoms with van der Waals surface area (Å²) in [6.45, 7) is 1.47. The second-order valence-electron chi connectivity index (χ2n) is 6.01. The number of primary amides is 1. The van der Waals surface area contributed by atoms with Gasteiger partial charge in [-0.3, -0.25) is 14.5 Å². The molecule has 1 atom stereocenters. The minimum Gasteiger partial charge on any atom is -0.368 e. The van der Waals surface area contributed by atoms with Crippen molar-refractivity contribution in [3.8, 4) is 0 Å². The van der Waals surface area contributed by atoms with Crippen LogP contribution in [0.1, 0.15) is 34.8 Å². The Labute approximate surface area is 145 Å². The van der Waals surface area contributed by atoms with Crippen LogP contribution in [0.15, 0.2) is 47.2 Å². The Kier molecular flexibility index (Phi) is 5.27. The number of rotatable bonds is 5. The third-order valence-electron chi connectivity index (χ3n) is 4.40. The maximum Gasteiger partial charge on any atom is 0.252 e. The average molecular weight is 343 g/mol. The number of nitrogens with two attached hydrogens (primary N) is 1. The number of thiophene rings is 1. The molecule has 2 amide bonds. The van der Waals surface area contributed by atoms with Gasteiger partial charge in [0.25, 0.3) is 5.91 Å². The van der Waals surface area contributed by atoms with Gasteiger partial charge in [0.2, 0.25) is 5.91 Å². The van der Waals surface area contributed by atoms with Gasteiger partial charge in [-0.1, -0.05) is 30.3 Å². The van der Waals surface area contributed by atoms with Crippen molar-refractivity contribution in [2.75, 3.05) is 13.1 Å². The van der Waals surface area contributed by atoms with Crippen LogP contribution in [0, 0.1) is 0 Å². The highest BCUT2D eigenvalue weighted by Crippen LogP contribution is 2.24. The van der Waals surface area contributed by atoms with Gasteiger partial charge in [0.05, 0.1) is 0 Å². The summed E-state index contributed by atoms with van der Waals surface area (Å²) in [5, 5.41) is 6.82. The van der Waals surface area contributed by atoms with Crippen LogP contribution in [0.4, 0.5) is 0 Å². The molecule has 1 unspecified atom stereocenters. The zero-order chi connectivity index (χ0) is 16.9. The molecule has 3 rings (SSSR count). The minimum absolute atomic E-state index is 0.0239. The topological polar surface area (TPSA) is 75.4 Å². The molecule has 6 heteroatoms. The Morgan fingerprint density at radius 2 is 1.88 bits per heavy atom. The van der Waals surface area contributed by atoms with Crippen molar-refractivity contribution < 1.29 is 9.59 Å². The second-order valence-corrected chi connectivity index (χ2v) is 6.79. The molecule has 2 heterocycles. The van der Waals surface area contributed by atoms with Gasteiger partial charge in [0, 0.05) is 30.1 Å². The average Bonchev–Trinajstić information content (AvgIpc) is 3.12. The number of amides is 2. The first-order valence-corrected chi connectivity index (χ1v) is 9.01. The summed E-state index contributed by atoms with van der Waals surface area (Å²) in [5.41, 5.74) is 7.26. The number of benzene rings is 1. The first-order chi connectivity index (χ1) is 11.6. The first-order valence-electron chi connectivity index (χ1n) is 8.06. The number of hydrogen-bond acceptors (Lipinski definition) is 4. The van der Waals surface area contributed by atoms with E-state index in [4.69, 9.17) is 5.73 Å². The number of nitrogens with zero attached hydrogens (tertiary/aromatic N) is 1. The van der Waals surface area contributed by atoms with Gasteiger partial charge in [-0.2, -0.15) is 11.3 Å². The van der Waals surface area contributed by atoms with E-state index in [1.165, 1.54) is 11.3 Å². The third-order valence-corrected chi connectivity index (χ3v) is 5.08. The standard InChI is InChI=1S/C18H21N3O2S/c19-17(22)16(13-4-2-1-3-5-13)21-9-6-15(7-10-21)20-18(23)14-8-11-24-12-14/h1-5,8,11-12,15-16H,6-7,9-10H2,(H2,19,22)(H,20,23). The van der Waals surface area contributed by atoms with Crippen LogP contribution in [-0.2, 0) is 4.79 Å². The normalized spacial score (nSPS) is 17.3. The highest BCUT2D eigenvalue weighted by Gasteiger charge is 2.30. The van der Waals surface area contributed by atoms with Crippen LogP contribution in [0.3, 0.4) is 0 Å². The zero-order valence-corrected chi connectivity index (χ0v) is 14.2. The maximum absolute atomic E-state index is 12.1. The summed E-state index contributed by atoms with van der Waals surface area (Å²) >= 11 is 1.51. The molecule has 1 saturated heterocycles. The predicted octanol–water partition coefficient (Wildman–Crippen LogP) is 2.17. The lowest BCUT2D eigenvalue weighted by molar-refractivity contribution is -0.124. The SMILES string of the molecule is NC(=O)C(c1ccccc1)N1CCC(NC(=O)c2ccsc2)CC1. The summed E-state index contributed by atoms with van der Waals surface area (Å²) in [6, 6.07) is 11.2. The molecular formula is C18H21N3O2S. The summed E-state index contributed by atoms with van der Waals surface area (Å²) in [6.07, 6.45) is 1.62. The molecule has 0 spiro atoms. The number of piperidine rings is 1. The molecule has 0 radical (unpaired) electrons. The van der Waals surface area contributed by atoms with E-state index in [0.717, 1.165) is 31.5 Å². The highest BCUT2D eigenvalue weighted by atomic mass is 32.1. The lowest BCUT2D eigenvalue weighted by atomic mass is 9.98. The highest BCUT2D eigenvalue weighted by molar-refractivity contribution is 7.08. The van der Waals surface area contributed by atoms with Gasteiger partial charge < -0.3 is 11.1 Å². The van der Waals surface area contributed by atoms with Crippen molar-refractivity contribution >= 4 is 23.2 Å². The van der Waals surface area contributed by atoms with Crippen molar-refractivity contribution in [1.29, 1.82) is 0 Å². The number of likely N-dealkylation sites (tertiary alicyclic amines) is 1. The van der Waals surface area contributed by atoms with E-state index >= 15 is 0 Å². The summed E-state index contributed by atoms with van der Waals surface area (Å²) < 4.78 is 0. The molecule has 1 aromatic carbocycles. The van der Waals surface area contributed by atoms with E-state index in [2.05, 4.69) is 10.2 Å². The molecule has 1 fully saturated rings. The number of carbonyl (C=O) groups excluding carboxylic acids is 2. The van der Waals surface area contributed by atoms with E-state index < -0.39 is 6.04 Å². The van der Waals surface area contributed by atoms with Crippen LogP contribution in [-0.4, -0.2) is 35.8 Å². The third kappa shape index (κ3) is 3.83. The molecule has 0 bridgehead atoms. The Hall–Kier alpha value is -2.18. The molecule has 5 nitrogen and oxygen atoms in total. The molecule has 2 aromatic rings. The summed E-state index contributed by atoms with van der Waals surface area (Å²) in [4.78, 5) is 26.2. The Balaban J connectivity index is 1.59. The fourth-order valence-electron chi connectivity index (χ4n) is 3.15. The second kappa shape index (κ2) is 7.59. The lowest BCUT2D eigenvalue weighted by Gasteiger charge is -2.36. The minimum atomic E-state index is -0.403. The van der Waals surface area contributed by atoms with E-state index in [0.29, 0.717) is 5.56 Å². The maximum atomic E-state index is 12.1. The van der Waals surface area contributed by atoms with Gasteiger partial charge in [-0.25, -0.2) is 0 Å². The van der Waals surface area contributed by atoms with Crippen molar-refractivity contribution in [2.45, 2.75) is 24.9 Å². The molecule has 126 valence electrons. The van der Waals surface area contributed by atoms with Crippen molar-refractivity contribution in [3.05, 3.63) is 58.3 Å². The lowest BCUT2D eigenvalue weighted by Crippen LogP contribution is -2.48. The number of nitrogens with one attached hydrogen (secondary N) is 1. The zero-order valence-electron chi connectivity index (χ0n) is 13.4. The number of hydrogen-bond donors (Lipinski definition) is 2. The fraction of sp³-hybridized carbons (Fsp3) is 0.333. The van der Waals surface area contributed by atoms with Crippen LogP contribution < -0.4 is 11.1 Å². The van der Waals surface area contributed by atoms with Gasteiger partial charge in [-0.15, -0.1) is 0 Å². The molecule has 3 N–H and O–H groups in total. The van der Waals surface area contributed by atoms with Crippen LogP contribution >= 0.6 is 11.3 Å². The number of carbonyl (C=O) groups is 2. The van der Waals surface area contributed by atoms with Gasteiger partial charge >= 0.3 is 0 Å². The van der Waals surface area contributed by atoms with Crippen LogP contribution in [0.2, 0.25) is 0 Å². The van der Waals surface area contributed by atoms with Crippen molar-refractivity contribution in [2.24, 2.45) is 5.73 Å². The molecule has 1 aliphatic rings. The largest absolute Gasteiger partial charge is 0.368 e. The van der Waals surface area contributed by atoms with Crippen LogP contribution in [0.5, 0.6) is 0 Å². The van der Waals surface area contributed by atoms with E-state index in [1.54, 1.807) is 0 Å². The molecule has 1 aromatic heterocycles. The van der Waals surface area contributed by atoms with E-state index in [-0.39, 0.29) is 17.9 Å². The first kappa shape index (κ1) is 16.7. The van der Waals surface area contributed by atoms with E-state index in [9.17, 15) is 9.59 Å². The molecule has 24 heavy (non-hydrogen) atoms. The summed E-state index contributed by atoms with van der Waals surface area (Å²) in [7, 11) is 0.